The van der Waals surface area contributed by atoms with Crippen LogP contribution in [0.3, 0.4) is 0 Å². The highest BCUT2D eigenvalue weighted by molar-refractivity contribution is 5.93. The van der Waals surface area contributed by atoms with Crippen LogP contribution in [0.5, 0.6) is 0 Å². The van der Waals surface area contributed by atoms with Gasteiger partial charge in [-0.1, -0.05) is 63.2 Å². The van der Waals surface area contributed by atoms with Gasteiger partial charge in [-0.05, 0) is 23.6 Å². The molecule has 3 nitrogen and oxygen atoms in total. The fourth-order valence-corrected chi connectivity index (χ4v) is 3.10. The standard InChI is InChI=1S/C20H25N3/c1-5-15-10-9-13-17-18(15)19(22-23(17)4)21-14-20(2,3)16-11-7-6-8-12-16/h6-13H,5,14H2,1-4H3,(H,21,22). The molecule has 0 amide bonds. The van der Waals surface area contributed by atoms with Crippen LogP contribution in [-0.2, 0) is 18.9 Å². The molecule has 0 radical (unpaired) electrons. The van der Waals surface area contributed by atoms with Crippen molar-refractivity contribution in [3.8, 4) is 0 Å². The molecule has 3 heteroatoms. The topological polar surface area (TPSA) is 29.9 Å². The maximum atomic E-state index is 4.70. The normalized spacial score (nSPS) is 11.8. The van der Waals surface area contributed by atoms with Crippen molar-refractivity contribution in [2.45, 2.75) is 32.6 Å². The summed E-state index contributed by atoms with van der Waals surface area (Å²) < 4.78 is 1.96. The Morgan fingerprint density at radius 1 is 1.04 bits per heavy atom. The molecule has 0 saturated carbocycles. The summed E-state index contributed by atoms with van der Waals surface area (Å²) in [4.78, 5) is 0. The molecule has 23 heavy (non-hydrogen) atoms. The Hall–Kier alpha value is -2.29. The maximum Gasteiger partial charge on any atom is 0.156 e. The summed E-state index contributed by atoms with van der Waals surface area (Å²) in [5, 5.41) is 9.54. The van der Waals surface area contributed by atoms with Gasteiger partial charge in [0.2, 0.25) is 0 Å². The van der Waals surface area contributed by atoms with Gasteiger partial charge >= 0.3 is 0 Å². The zero-order chi connectivity index (χ0) is 16.4. The molecule has 0 aliphatic heterocycles. The number of anilines is 1. The van der Waals surface area contributed by atoms with E-state index in [1.807, 2.05) is 11.7 Å². The Morgan fingerprint density at radius 3 is 2.48 bits per heavy atom. The Balaban J connectivity index is 1.91. The molecule has 0 saturated heterocycles. The first kappa shape index (κ1) is 15.6. The molecule has 1 N–H and O–H groups in total. The number of benzene rings is 2. The Morgan fingerprint density at radius 2 is 1.78 bits per heavy atom. The van der Waals surface area contributed by atoms with E-state index in [0.717, 1.165) is 18.8 Å². The van der Waals surface area contributed by atoms with Crippen LogP contribution in [0.1, 0.15) is 31.9 Å². The van der Waals surface area contributed by atoms with E-state index < -0.39 is 0 Å². The second-order valence-corrected chi connectivity index (χ2v) is 6.74. The van der Waals surface area contributed by atoms with E-state index in [9.17, 15) is 0 Å². The van der Waals surface area contributed by atoms with Crippen LogP contribution in [-0.4, -0.2) is 16.3 Å². The molecule has 2 aromatic carbocycles. The van der Waals surface area contributed by atoms with E-state index in [-0.39, 0.29) is 5.41 Å². The lowest BCUT2D eigenvalue weighted by Crippen LogP contribution is -2.27. The monoisotopic (exact) mass is 307 g/mol. The summed E-state index contributed by atoms with van der Waals surface area (Å²) in [6.07, 6.45) is 1.01. The van der Waals surface area contributed by atoms with Gasteiger partial charge < -0.3 is 5.32 Å². The predicted molar refractivity (Wildman–Crippen MR) is 98.0 cm³/mol. The van der Waals surface area contributed by atoms with Crippen LogP contribution < -0.4 is 5.32 Å². The summed E-state index contributed by atoms with van der Waals surface area (Å²) in [5.41, 5.74) is 3.91. The van der Waals surface area contributed by atoms with Crippen LogP contribution in [0.15, 0.2) is 48.5 Å². The zero-order valence-corrected chi connectivity index (χ0v) is 14.4. The highest BCUT2D eigenvalue weighted by atomic mass is 15.3. The number of aromatic nitrogens is 2. The number of rotatable bonds is 5. The van der Waals surface area contributed by atoms with Crippen LogP contribution in [0.2, 0.25) is 0 Å². The number of aryl methyl sites for hydroxylation is 2. The minimum absolute atomic E-state index is 0.0479. The van der Waals surface area contributed by atoms with Gasteiger partial charge in [0.1, 0.15) is 0 Å². The van der Waals surface area contributed by atoms with Gasteiger partial charge in [-0.25, -0.2) is 0 Å². The third-order valence-electron chi connectivity index (χ3n) is 4.60. The van der Waals surface area contributed by atoms with E-state index >= 15 is 0 Å². The van der Waals surface area contributed by atoms with E-state index in [0.29, 0.717) is 0 Å². The molecule has 1 aromatic heterocycles. The molecule has 0 fully saturated rings. The summed E-state index contributed by atoms with van der Waals surface area (Å²) in [6.45, 7) is 7.57. The van der Waals surface area contributed by atoms with Gasteiger partial charge in [0.05, 0.1) is 5.52 Å². The van der Waals surface area contributed by atoms with Crippen LogP contribution in [0.4, 0.5) is 5.82 Å². The largest absolute Gasteiger partial charge is 0.367 e. The van der Waals surface area contributed by atoms with E-state index in [2.05, 4.69) is 74.6 Å². The smallest absolute Gasteiger partial charge is 0.156 e. The van der Waals surface area contributed by atoms with Crippen LogP contribution in [0.25, 0.3) is 10.9 Å². The molecule has 0 spiro atoms. The average Bonchev–Trinajstić information content (AvgIpc) is 2.90. The molecular formula is C20H25N3. The Labute approximate surface area is 138 Å². The van der Waals surface area contributed by atoms with Crippen molar-refractivity contribution >= 4 is 16.7 Å². The average molecular weight is 307 g/mol. The molecule has 0 aliphatic carbocycles. The van der Waals surface area contributed by atoms with Crippen molar-refractivity contribution in [1.82, 2.24) is 9.78 Å². The lowest BCUT2D eigenvalue weighted by atomic mass is 9.84. The van der Waals surface area contributed by atoms with E-state index in [4.69, 9.17) is 5.10 Å². The highest BCUT2D eigenvalue weighted by Crippen LogP contribution is 2.29. The summed E-state index contributed by atoms with van der Waals surface area (Å²) in [5.74, 6) is 0.990. The van der Waals surface area contributed by atoms with E-state index in [1.54, 1.807) is 0 Å². The SMILES string of the molecule is CCc1cccc2c1c(NCC(C)(C)c1ccccc1)nn2C. The fourth-order valence-electron chi connectivity index (χ4n) is 3.10. The first-order valence-electron chi connectivity index (χ1n) is 8.27. The fraction of sp³-hybridized carbons (Fsp3) is 0.350. The van der Waals surface area contributed by atoms with Crippen molar-refractivity contribution in [2.24, 2.45) is 7.05 Å². The number of hydrogen-bond acceptors (Lipinski definition) is 2. The second kappa shape index (κ2) is 6.07. The minimum Gasteiger partial charge on any atom is -0.367 e. The summed E-state index contributed by atoms with van der Waals surface area (Å²) in [6, 6.07) is 17.1. The Kier molecular flexibility index (Phi) is 4.12. The zero-order valence-electron chi connectivity index (χ0n) is 14.4. The van der Waals surface area contributed by atoms with Gasteiger partial charge in [0.25, 0.3) is 0 Å². The van der Waals surface area contributed by atoms with Crippen molar-refractivity contribution in [3.63, 3.8) is 0 Å². The molecule has 0 atom stereocenters. The first-order valence-corrected chi connectivity index (χ1v) is 8.27. The maximum absolute atomic E-state index is 4.70. The molecule has 0 unspecified atom stereocenters. The molecule has 3 aromatic rings. The molecule has 0 bridgehead atoms. The first-order chi connectivity index (χ1) is 11.0. The van der Waals surface area contributed by atoms with Crippen molar-refractivity contribution in [3.05, 3.63) is 59.7 Å². The quantitative estimate of drug-likeness (QED) is 0.751. The lowest BCUT2D eigenvalue weighted by Gasteiger charge is -2.25. The molecular weight excluding hydrogens is 282 g/mol. The van der Waals surface area contributed by atoms with Crippen molar-refractivity contribution in [1.29, 1.82) is 0 Å². The molecule has 3 rings (SSSR count). The van der Waals surface area contributed by atoms with Crippen molar-refractivity contribution < 1.29 is 0 Å². The number of hydrogen-bond donors (Lipinski definition) is 1. The van der Waals surface area contributed by atoms with Crippen LogP contribution >= 0.6 is 0 Å². The van der Waals surface area contributed by atoms with Gasteiger partial charge in [-0.2, -0.15) is 5.10 Å². The highest BCUT2D eigenvalue weighted by Gasteiger charge is 2.21. The lowest BCUT2D eigenvalue weighted by molar-refractivity contribution is 0.555. The number of fused-ring (bicyclic) bond motifs is 1. The van der Waals surface area contributed by atoms with Gasteiger partial charge in [0.15, 0.2) is 5.82 Å². The third kappa shape index (κ3) is 2.96. The van der Waals surface area contributed by atoms with Crippen LogP contribution in [0, 0.1) is 0 Å². The minimum atomic E-state index is 0.0479. The Bertz CT molecular complexity index is 800. The third-order valence-corrected chi connectivity index (χ3v) is 4.60. The second-order valence-electron chi connectivity index (χ2n) is 6.74. The number of nitrogens with zero attached hydrogens (tertiary/aromatic N) is 2. The predicted octanol–water partition coefficient (Wildman–Crippen LogP) is 4.53. The summed E-state index contributed by atoms with van der Waals surface area (Å²) >= 11 is 0. The molecule has 1 heterocycles. The van der Waals surface area contributed by atoms with Gasteiger partial charge in [0, 0.05) is 24.4 Å². The molecule has 120 valence electrons. The van der Waals surface area contributed by atoms with E-state index in [1.165, 1.54) is 22.0 Å². The van der Waals surface area contributed by atoms with Gasteiger partial charge in [-0.15, -0.1) is 0 Å². The van der Waals surface area contributed by atoms with Gasteiger partial charge in [-0.3, -0.25) is 4.68 Å². The number of nitrogens with one attached hydrogen (secondary N) is 1. The molecule has 0 aliphatic rings. The van der Waals surface area contributed by atoms with Crippen molar-refractivity contribution in [2.75, 3.05) is 11.9 Å². The summed E-state index contributed by atoms with van der Waals surface area (Å²) in [7, 11) is 2.01.